The lowest BCUT2D eigenvalue weighted by Crippen LogP contribution is -2.39. The predicted octanol–water partition coefficient (Wildman–Crippen LogP) is 1.94. The molecule has 1 saturated heterocycles. The maximum atomic E-state index is 14.9. The second-order valence-corrected chi connectivity index (χ2v) is 7.36. The fraction of sp³-hybridized carbons (Fsp3) is 0.524. The molecule has 0 aliphatic carbocycles. The molecule has 3 rings (SSSR count). The number of halogens is 1. The summed E-state index contributed by atoms with van der Waals surface area (Å²) in [5, 5.41) is 0. The van der Waals surface area contributed by atoms with E-state index < -0.39 is 17.8 Å². The average Bonchev–Trinajstić information content (AvgIpc) is 2.77. The number of anilines is 1. The molecule has 2 aliphatic heterocycles. The standard InChI is InChI=1S/C21H27FN2O6/c1-23-9-7-14(8-10-23)11-30-17-6-4-5-16(22)19(17)24-13-29-12-15(20(25)27-2)18(24)21(26)28-3/h4-6,14H,7-13H2,1-3H3. The highest BCUT2D eigenvalue weighted by Gasteiger charge is 2.35. The molecule has 1 aromatic rings. The van der Waals surface area contributed by atoms with E-state index in [4.69, 9.17) is 18.9 Å². The van der Waals surface area contributed by atoms with Gasteiger partial charge in [0.25, 0.3) is 0 Å². The molecule has 1 fully saturated rings. The van der Waals surface area contributed by atoms with Gasteiger partial charge in [0.05, 0.1) is 33.0 Å². The van der Waals surface area contributed by atoms with Crippen LogP contribution in [0.15, 0.2) is 29.5 Å². The number of benzene rings is 1. The van der Waals surface area contributed by atoms with E-state index in [0.717, 1.165) is 25.9 Å². The summed E-state index contributed by atoms with van der Waals surface area (Å²) in [7, 11) is 4.47. The zero-order valence-corrected chi connectivity index (χ0v) is 17.5. The SMILES string of the molecule is COC(=O)C1=C(C(=O)OC)N(c2c(F)cccc2OCC2CCN(C)CC2)COC1. The maximum Gasteiger partial charge on any atom is 0.355 e. The topological polar surface area (TPSA) is 77.5 Å². The summed E-state index contributed by atoms with van der Waals surface area (Å²) >= 11 is 0. The van der Waals surface area contributed by atoms with Crippen LogP contribution in [0.3, 0.4) is 0 Å². The van der Waals surface area contributed by atoms with Crippen molar-refractivity contribution in [2.24, 2.45) is 5.92 Å². The Labute approximate surface area is 175 Å². The van der Waals surface area contributed by atoms with Gasteiger partial charge in [-0.1, -0.05) is 6.07 Å². The van der Waals surface area contributed by atoms with E-state index in [-0.39, 0.29) is 36.0 Å². The number of likely N-dealkylation sites (tertiary alicyclic amines) is 1. The normalized spacial score (nSPS) is 18.3. The number of carbonyl (C=O) groups excluding carboxylic acids is 2. The predicted molar refractivity (Wildman–Crippen MR) is 106 cm³/mol. The van der Waals surface area contributed by atoms with E-state index in [1.165, 1.54) is 31.3 Å². The summed E-state index contributed by atoms with van der Waals surface area (Å²) in [5.74, 6) is -1.51. The van der Waals surface area contributed by atoms with Gasteiger partial charge in [-0.05, 0) is 51.0 Å². The molecule has 0 saturated carbocycles. The highest BCUT2D eigenvalue weighted by molar-refractivity contribution is 6.03. The van der Waals surface area contributed by atoms with Gasteiger partial charge in [0.15, 0.2) is 5.82 Å². The number of hydrogen-bond acceptors (Lipinski definition) is 8. The van der Waals surface area contributed by atoms with Crippen LogP contribution >= 0.6 is 0 Å². The van der Waals surface area contributed by atoms with Crippen LogP contribution in [0, 0.1) is 11.7 Å². The number of methoxy groups -OCH3 is 2. The summed E-state index contributed by atoms with van der Waals surface area (Å²) in [6.07, 6.45) is 1.99. The van der Waals surface area contributed by atoms with Gasteiger partial charge in [0.1, 0.15) is 23.9 Å². The fourth-order valence-electron chi connectivity index (χ4n) is 3.63. The molecule has 30 heavy (non-hydrogen) atoms. The van der Waals surface area contributed by atoms with Gasteiger partial charge in [-0.25, -0.2) is 14.0 Å². The van der Waals surface area contributed by atoms with E-state index in [0.29, 0.717) is 12.5 Å². The Morgan fingerprint density at radius 2 is 1.87 bits per heavy atom. The Bertz CT molecular complexity index is 820. The van der Waals surface area contributed by atoms with Crippen LogP contribution in [0.5, 0.6) is 5.75 Å². The zero-order valence-electron chi connectivity index (χ0n) is 17.5. The third kappa shape index (κ3) is 4.73. The van der Waals surface area contributed by atoms with Gasteiger partial charge in [-0.3, -0.25) is 0 Å². The summed E-state index contributed by atoms with van der Waals surface area (Å²) in [6.45, 7) is 2.12. The molecular weight excluding hydrogens is 395 g/mol. The minimum absolute atomic E-state index is 0.0203. The third-order valence-electron chi connectivity index (χ3n) is 5.37. The number of esters is 2. The zero-order chi connectivity index (χ0) is 21.7. The van der Waals surface area contributed by atoms with Gasteiger partial charge >= 0.3 is 11.9 Å². The number of rotatable bonds is 6. The van der Waals surface area contributed by atoms with Crippen LogP contribution in [-0.4, -0.2) is 71.1 Å². The van der Waals surface area contributed by atoms with E-state index in [1.807, 2.05) is 0 Å². The number of para-hydroxylation sites is 1. The molecule has 0 aromatic heterocycles. The summed E-state index contributed by atoms with van der Waals surface area (Å²) in [5.41, 5.74) is -0.142. The third-order valence-corrected chi connectivity index (χ3v) is 5.37. The number of ether oxygens (including phenoxy) is 4. The van der Waals surface area contributed by atoms with Crippen molar-refractivity contribution in [3.05, 3.63) is 35.3 Å². The summed E-state index contributed by atoms with van der Waals surface area (Å²) < 4.78 is 36.0. The van der Waals surface area contributed by atoms with Crippen molar-refractivity contribution in [1.82, 2.24) is 4.90 Å². The first-order valence-electron chi connectivity index (χ1n) is 9.81. The Balaban J connectivity index is 1.93. The smallest absolute Gasteiger partial charge is 0.355 e. The van der Waals surface area contributed by atoms with Crippen LogP contribution in [0.4, 0.5) is 10.1 Å². The minimum Gasteiger partial charge on any atom is -0.491 e. The van der Waals surface area contributed by atoms with Gasteiger partial charge in [-0.2, -0.15) is 0 Å². The molecule has 1 aromatic carbocycles. The van der Waals surface area contributed by atoms with Crippen molar-refractivity contribution in [3.8, 4) is 5.75 Å². The van der Waals surface area contributed by atoms with Crippen LogP contribution < -0.4 is 9.64 Å². The maximum absolute atomic E-state index is 14.9. The molecule has 0 amide bonds. The molecule has 0 spiro atoms. The van der Waals surface area contributed by atoms with Crippen molar-refractivity contribution in [2.75, 3.05) is 59.2 Å². The quantitative estimate of drug-likeness (QED) is 0.644. The molecule has 0 atom stereocenters. The molecular formula is C21H27FN2O6. The van der Waals surface area contributed by atoms with Crippen molar-refractivity contribution in [2.45, 2.75) is 12.8 Å². The Morgan fingerprint density at radius 3 is 2.53 bits per heavy atom. The Morgan fingerprint density at radius 1 is 1.17 bits per heavy atom. The minimum atomic E-state index is -0.789. The van der Waals surface area contributed by atoms with Crippen molar-refractivity contribution < 1.29 is 32.9 Å². The van der Waals surface area contributed by atoms with Gasteiger partial charge in [0.2, 0.25) is 0 Å². The fourth-order valence-corrected chi connectivity index (χ4v) is 3.63. The lowest BCUT2D eigenvalue weighted by atomic mass is 9.98. The van der Waals surface area contributed by atoms with Crippen molar-refractivity contribution >= 4 is 17.6 Å². The van der Waals surface area contributed by atoms with Crippen molar-refractivity contribution in [3.63, 3.8) is 0 Å². The first-order valence-corrected chi connectivity index (χ1v) is 9.81. The molecule has 9 heteroatoms. The van der Waals surface area contributed by atoms with E-state index in [9.17, 15) is 14.0 Å². The largest absolute Gasteiger partial charge is 0.491 e. The lowest BCUT2D eigenvalue weighted by Gasteiger charge is -2.33. The van der Waals surface area contributed by atoms with Crippen LogP contribution in [-0.2, 0) is 23.8 Å². The van der Waals surface area contributed by atoms with Crippen LogP contribution in [0.25, 0.3) is 0 Å². The van der Waals surface area contributed by atoms with E-state index in [2.05, 4.69) is 11.9 Å². The van der Waals surface area contributed by atoms with E-state index in [1.54, 1.807) is 6.07 Å². The number of carbonyl (C=O) groups is 2. The second kappa shape index (κ2) is 9.90. The summed E-state index contributed by atoms with van der Waals surface area (Å²) in [4.78, 5) is 28.2. The molecule has 164 valence electrons. The van der Waals surface area contributed by atoms with Gasteiger partial charge in [-0.15, -0.1) is 0 Å². The number of nitrogens with zero attached hydrogens (tertiary/aromatic N) is 2. The Kier molecular flexibility index (Phi) is 7.28. The van der Waals surface area contributed by atoms with E-state index >= 15 is 0 Å². The van der Waals surface area contributed by atoms with Crippen molar-refractivity contribution in [1.29, 1.82) is 0 Å². The molecule has 0 N–H and O–H groups in total. The molecule has 2 heterocycles. The summed E-state index contributed by atoms with van der Waals surface area (Å²) in [6, 6.07) is 4.43. The highest BCUT2D eigenvalue weighted by Crippen LogP contribution is 2.37. The van der Waals surface area contributed by atoms with Crippen LogP contribution in [0.1, 0.15) is 12.8 Å². The highest BCUT2D eigenvalue weighted by atomic mass is 19.1. The van der Waals surface area contributed by atoms with Gasteiger partial charge < -0.3 is 28.7 Å². The monoisotopic (exact) mass is 422 g/mol. The molecule has 0 bridgehead atoms. The molecule has 0 radical (unpaired) electrons. The first kappa shape index (κ1) is 22.0. The van der Waals surface area contributed by atoms with Gasteiger partial charge in [0, 0.05) is 0 Å². The van der Waals surface area contributed by atoms with Crippen LogP contribution in [0.2, 0.25) is 0 Å². The molecule has 2 aliphatic rings. The average molecular weight is 422 g/mol. The number of piperidine rings is 1. The second-order valence-electron chi connectivity index (χ2n) is 7.36. The molecule has 8 nitrogen and oxygen atoms in total. The lowest BCUT2D eigenvalue weighted by molar-refractivity contribution is -0.140. The first-order chi connectivity index (χ1) is 14.5. The molecule has 0 unspecified atom stereocenters. The number of hydrogen-bond donors (Lipinski definition) is 0. The Hall–Kier alpha value is -2.65.